The van der Waals surface area contributed by atoms with Crippen LogP contribution < -0.4 is 0 Å². The molecule has 76 valence electrons. The van der Waals surface area contributed by atoms with Gasteiger partial charge in [-0.1, -0.05) is 20.8 Å². The third kappa shape index (κ3) is 1.41. The van der Waals surface area contributed by atoms with Crippen molar-refractivity contribution in [3.8, 4) is 0 Å². The molecule has 0 N–H and O–H groups in total. The van der Waals surface area contributed by atoms with E-state index in [2.05, 4.69) is 32.7 Å². The Morgan fingerprint density at radius 3 is 2.46 bits per heavy atom. The van der Waals surface area contributed by atoms with E-state index in [1.54, 1.807) is 0 Å². The van der Waals surface area contributed by atoms with Gasteiger partial charge in [-0.15, -0.1) is 0 Å². The molecule has 1 nitrogen and oxygen atoms in total. The van der Waals surface area contributed by atoms with Crippen molar-refractivity contribution in [2.75, 3.05) is 20.1 Å². The molecule has 0 aromatic heterocycles. The molecule has 1 saturated heterocycles. The van der Waals surface area contributed by atoms with Crippen LogP contribution in [0, 0.1) is 29.6 Å². The lowest BCUT2D eigenvalue weighted by atomic mass is 9.54. The maximum Gasteiger partial charge on any atom is 0.00121 e. The van der Waals surface area contributed by atoms with Crippen molar-refractivity contribution in [3.63, 3.8) is 0 Å². The first-order valence-electron chi connectivity index (χ1n) is 5.79. The summed E-state index contributed by atoms with van der Waals surface area (Å²) in [6, 6.07) is 0. The lowest BCUT2D eigenvalue weighted by Crippen LogP contribution is -2.49. The van der Waals surface area contributed by atoms with Gasteiger partial charge in [0.15, 0.2) is 0 Å². The molecule has 0 spiro atoms. The summed E-state index contributed by atoms with van der Waals surface area (Å²) in [6.07, 6.45) is 1.41. The van der Waals surface area contributed by atoms with Crippen molar-refractivity contribution >= 4 is 0 Å². The van der Waals surface area contributed by atoms with Gasteiger partial charge in [-0.2, -0.15) is 0 Å². The van der Waals surface area contributed by atoms with Gasteiger partial charge in [-0.3, -0.25) is 0 Å². The van der Waals surface area contributed by atoms with Crippen LogP contribution in [0.4, 0.5) is 0 Å². The Balaban J connectivity index is 2.09. The van der Waals surface area contributed by atoms with E-state index in [1.165, 1.54) is 19.5 Å². The maximum atomic E-state index is 2.53. The molecule has 0 aromatic carbocycles. The van der Waals surface area contributed by atoms with Crippen LogP contribution in [0.15, 0.2) is 0 Å². The van der Waals surface area contributed by atoms with E-state index in [9.17, 15) is 0 Å². The van der Waals surface area contributed by atoms with Gasteiger partial charge in [-0.25, -0.2) is 0 Å². The van der Waals surface area contributed by atoms with Gasteiger partial charge < -0.3 is 4.90 Å². The monoisotopic (exact) mass is 181 g/mol. The van der Waals surface area contributed by atoms with Crippen molar-refractivity contribution in [2.24, 2.45) is 29.6 Å². The summed E-state index contributed by atoms with van der Waals surface area (Å²) in [5.41, 5.74) is 0. The smallest absolute Gasteiger partial charge is 0.00121 e. The van der Waals surface area contributed by atoms with E-state index in [4.69, 9.17) is 0 Å². The molecular weight excluding hydrogens is 158 g/mol. The van der Waals surface area contributed by atoms with Gasteiger partial charge in [-0.05, 0) is 49.6 Å². The Hall–Kier alpha value is -0.0400. The van der Waals surface area contributed by atoms with Crippen LogP contribution in [0.2, 0.25) is 0 Å². The average molecular weight is 181 g/mol. The van der Waals surface area contributed by atoms with E-state index in [0.717, 1.165) is 29.6 Å². The fourth-order valence-corrected chi connectivity index (χ4v) is 3.63. The molecule has 5 unspecified atom stereocenters. The van der Waals surface area contributed by atoms with Gasteiger partial charge in [0.1, 0.15) is 0 Å². The van der Waals surface area contributed by atoms with Gasteiger partial charge in [0.2, 0.25) is 0 Å². The summed E-state index contributed by atoms with van der Waals surface area (Å²) in [6.45, 7) is 10.0. The Kier molecular flexibility index (Phi) is 2.39. The molecule has 1 aliphatic carbocycles. The number of fused-ring (bicyclic) bond motifs is 1. The van der Waals surface area contributed by atoms with Crippen LogP contribution in [0.25, 0.3) is 0 Å². The largest absolute Gasteiger partial charge is 0.306 e. The van der Waals surface area contributed by atoms with E-state index < -0.39 is 0 Å². The van der Waals surface area contributed by atoms with Crippen molar-refractivity contribution in [2.45, 2.75) is 27.2 Å². The van der Waals surface area contributed by atoms with E-state index in [-0.39, 0.29) is 0 Å². The second-order valence-corrected chi connectivity index (χ2v) is 5.49. The topological polar surface area (TPSA) is 3.24 Å². The van der Waals surface area contributed by atoms with Crippen LogP contribution in [-0.2, 0) is 0 Å². The predicted molar refractivity (Wildman–Crippen MR) is 56.6 cm³/mol. The van der Waals surface area contributed by atoms with Gasteiger partial charge >= 0.3 is 0 Å². The van der Waals surface area contributed by atoms with Crippen molar-refractivity contribution in [1.29, 1.82) is 0 Å². The number of hydrogen-bond donors (Lipinski definition) is 0. The molecule has 0 amide bonds. The lowest BCUT2D eigenvalue weighted by molar-refractivity contribution is -0.0329. The van der Waals surface area contributed by atoms with E-state index in [1.807, 2.05) is 0 Å². The summed E-state index contributed by atoms with van der Waals surface area (Å²) in [5.74, 6) is 4.93. The average Bonchev–Trinajstić information content (AvgIpc) is 2.24. The predicted octanol–water partition coefficient (Wildman–Crippen LogP) is 2.48. The maximum absolute atomic E-state index is 2.53. The van der Waals surface area contributed by atoms with Gasteiger partial charge in [0.25, 0.3) is 0 Å². The Morgan fingerprint density at radius 1 is 1.08 bits per heavy atom. The minimum Gasteiger partial charge on any atom is -0.306 e. The standard InChI is InChI=1S/C12H23N/c1-8-5-6-13(4)7-11-9(2)10(3)12(8)11/h8-12H,5-7H2,1-4H3. The molecule has 2 fully saturated rings. The second kappa shape index (κ2) is 3.27. The molecule has 0 aromatic rings. The van der Waals surface area contributed by atoms with Crippen LogP contribution in [-0.4, -0.2) is 25.0 Å². The van der Waals surface area contributed by atoms with Crippen molar-refractivity contribution < 1.29 is 0 Å². The van der Waals surface area contributed by atoms with Gasteiger partial charge in [0, 0.05) is 6.54 Å². The number of rotatable bonds is 0. The van der Waals surface area contributed by atoms with Crippen molar-refractivity contribution in [1.82, 2.24) is 4.90 Å². The Bertz CT molecular complexity index is 190. The molecule has 1 aliphatic heterocycles. The SMILES string of the molecule is CC1CCN(C)CC2C(C)C(C)C12. The first kappa shape index (κ1) is 9.51. The van der Waals surface area contributed by atoms with Crippen molar-refractivity contribution in [3.05, 3.63) is 0 Å². The quantitative estimate of drug-likeness (QED) is 0.555. The number of likely N-dealkylation sites (tertiary alicyclic amines) is 1. The zero-order valence-corrected chi connectivity index (χ0v) is 9.46. The molecule has 1 heterocycles. The molecule has 1 saturated carbocycles. The van der Waals surface area contributed by atoms with Crippen LogP contribution in [0.5, 0.6) is 0 Å². The zero-order chi connectivity index (χ0) is 9.59. The molecule has 1 heteroatoms. The summed E-state index contributed by atoms with van der Waals surface area (Å²) in [4.78, 5) is 2.53. The molecule has 13 heavy (non-hydrogen) atoms. The second-order valence-electron chi connectivity index (χ2n) is 5.49. The highest BCUT2D eigenvalue weighted by Gasteiger charge is 2.48. The third-order valence-electron chi connectivity index (χ3n) is 4.75. The normalized spacial score (nSPS) is 52.2. The minimum atomic E-state index is 0.959. The lowest BCUT2D eigenvalue weighted by Gasteiger charge is -2.51. The first-order chi connectivity index (χ1) is 6.11. The van der Waals surface area contributed by atoms with E-state index in [0.29, 0.717) is 0 Å². The number of nitrogens with zero attached hydrogens (tertiary/aromatic N) is 1. The fourth-order valence-electron chi connectivity index (χ4n) is 3.63. The highest BCUT2D eigenvalue weighted by Crippen LogP contribution is 2.51. The number of hydrogen-bond acceptors (Lipinski definition) is 1. The molecule has 5 atom stereocenters. The summed E-state index contributed by atoms with van der Waals surface area (Å²) in [7, 11) is 2.28. The van der Waals surface area contributed by atoms with Crippen LogP contribution in [0.1, 0.15) is 27.2 Å². The molecule has 0 bridgehead atoms. The highest BCUT2D eigenvalue weighted by atomic mass is 15.1. The zero-order valence-electron chi connectivity index (χ0n) is 9.46. The summed E-state index contributed by atoms with van der Waals surface area (Å²) >= 11 is 0. The molecule has 2 rings (SSSR count). The third-order valence-corrected chi connectivity index (χ3v) is 4.75. The van der Waals surface area contributed by atoms with Crippen LogP contribution >= 0.6 is 0 Å². The van der Waals surface area contributed by atoms with Gasteiger partial charge in [0.05, 0.1) is 0 Å². The minimum absolute atomic E-state index is 0.959. The Labute approximate surface area is 82.5 Å². The summed E-state index contributed by atoms with van der Waals surface area (Å²) < 4.78 is 0. The fraction of sp³-hybridized carbons (Fsp3) is 1.00. The summed E-state index contributed by atoms with van der Waals surface area (Å²) in [5, 5.41) is 0. The van der Waals surface area contributed by atoms with E-state index >= 15 is 0 Å². The Morgan fingerprint density at radius 2 is 1.77 bits per heavy atom. The molecular formula is C12H23N. The first-order valence-corrected chi connectivity index (χ1v) is 5.79. The molecule has 2 aliphatic rings. The van der Waals surface area contributed by atoms with Crippen LogP contribution in [0.3, 0.4) is 0 Å². The highest BCUT2D eigenvalue weighted by molar-refractivity contribution is 4.97. The molecule has 0 radical (unpaired) electrons.